The lowest BCUT2D eigenvalue weighted by Crippen LogP contribution is -2.00. The fourth-order valence-electron chi connectivity index (χ4n) is 1.72. The minimum Gasteiger partial charge on any atom is -0.477 e. The third-order valence-corrected chi connectivity index (χ3v) is 3.83. The highest BCUT2D eigenvalue weighted by Gasteiger charge is 2.08. The van der Waals surface area contributed by atoms with Crippen molar-refractivity contribution in [1.82, 2.24) is 14.6 Å². The number of ether oxygens (including phenoxy) is 1. The van der Waals surface area contributed by atoms with E-state index >= 15 is 0 Å². The van der Waals surface area contributed by atoms with Gasteiger partial charge in [-0.1, -0.05) is 18.5 Å². The Kier molecular flexibility index (Phi) is 3.40. The SMILES string of the molecule is CCCOc1ccc2nc(-c3ccc(Cl)s3)cn2n1. The van der Waals surface area contributed by atoms with Crippen LogP contribution in [-0.4, -0.2) is 21.2 Å². The van der Waals surface area contributed by atoms with E-state index < -0.39 is 0 Å². The van der Waals surface area contributed by atoms with Crippen molar-refractivity contribution in [3.05, 3.63) is 34.8 Å². The predicted molar refractivity (Wildman–Crippen MR) is 77.1 cm³/mol. The van der Waals surface area contributed by atoms with E-state index in [0.29, 0.717) is 12.5 Å². The summed E-state index contributed by atoms with van der Waals surface area (Å²) in [4.78, 5) is 5.55. The van der Waals surface area contributed by atoms with Gasteiger partial charge >= 0.3 is 0 Å². The highest BCUT2D eigenvalue weighted by atomic mass is 35.5. The van der Waals surface area contributed by atoms with E-state index in [1.807, 2.05) is 30.5 Å². The van der Waals surface area contributed by atoms with Gasteiger partial charge in [-0.3, -0.25) is 0 Å². The molecule has 0 aliphatic carbocycles. The Morgan fingerprint density at radius 2 is 2.21 bits per heavy atom. The maximum atomic E-state index is 5.94. The molecule has 3 aromatic rings. The van der Waals surface area contributed by atoms with Gasteiger partial charge in [-0.2, -0.15) is 0 Å². The lowest BCUT2D eigenvalue weighted by molar-refractivity contribution is 0.300. The molecule has 6 heteroatoms. The molecule has 3 heterocycles. The smallest absolute Gasteiger partial charge is 0.231 e. The molecule has 0 atom stereocenters. The third kappa shape index (κ3) is 2.57. The zero-order valence-corrected chi connectivity index (χ0v) is 11.9. The lowest BCUT2D eigenvalue weighted by atomic mass is 10.4. The van der Waals surface area contributed by atoms with Gasteiger partial charge < -0.3 is 4.74 Å². The van der Waals surface area contributed by atoms with Crippen LogP contribution in [0.5, 0.6) is 5.88 Å². The molecule has 4 nitrogen and oxygen atoms in total. The van der Waals surface area contributed by atoms with E-state index in [1.165, 1.54) is 11.3 Å². The number of imidazole rings is 1. The van der Waals surface area contributed by atoms with Gasteiger partial charge in [0.15, 0.2) is 5.65 Å². The van der Waals surface area contributed by atoms with Gasteiger partial charge in [0, 0.05) is 6.07 Å². The van der Waals surface area contributed by atoms with Gasteiger partial charge in [0.25, 0.3) is 0 Å². The lowest BCUT2D eigenvalue weighted by Gasteiger charge is -2.02. The minimum absolute atomic E-state index is 0.613. The van der Waals surface area contributed by atoms with Crippen molar-refractivity contribution in [3.63, 3.8) is 0 Å². The zero-order chi connectivity index (χ0) is 13.2. The number of halogens is 1. The summed E-state index contributed by atoms with van der Waals surface area (Å²) in [5.74, 6) is 0.613. The van der Waals surface area contributed by atoms with Gasteiger partial charge in [0.2, 0.25) is 5.88 Å². The third-order valence-electron chi connectivity index (χ3n) is 2.58. The molecule has 3 aromatic heterocycles. The second-order valence-corrected chi connectivity index (χ2v) is 5.77. The van der Waals surface area contributed by atoms with E-state index in [1.54, 1.807) is 4.52 Å². The molecule has 0 bridgehead atoms. The summed E-state index contributed by atoms with van der Waals surface area (Å²) in [6.07, 6.45) is 2.85. The van der Waals surface area contributed by atoms with Crippen LogP contribution in [0.25, 0.3) is 16.2 Å². The first kappa shape index (κ1) is 12.4. The highest BCUT2D eigenvalue weighted by Crippen LogP contribution is 2.30. The van der Waals surface area contributed by atoms with Gasteiger partial charge in [0.05, 0.1) is 22.0 Å². The molecule has 0 saturated heterocycles. The van der Waals surface area contributed by atoms with Crippen LogP contribution in [0.1, 0.15) is 13.3 Å². The van der Waals surface area contributed by atoms with Crippen LogP contribution in [-0.2, 0) is 0 Å². The predicted octanol–water partition coefficient (Wildman–Crippen LogP) is 3.90. The molecule has 0 amide bonds. The van der Waals surface area contributed by atoms with Crippen LogP contribution in [0.4, 0.5) is 0 Å². The van der Waals surface area contributed by atoms with E-state index in [4.69, 9.17) is 16.3 Å². The standard InChI is InChI=1S/C13H12ClN3OS/c1-2-7-18-13-6-5-12-15-9(8-17(12)16-13)10-3-4-11(14)19-10/h3-6,8H,2,7H2,1H3. The maximum absolute atomic E-state index is 5.94. The van der Waals surface area contributed by atoms with Crippen LogP contribution in [0, 0.1) is 0 Å². The summed E-state index contributed by atoms with van der Waals surface area (Å²) in [7, 11) is 0. The second-order valence-electron chi connectivity index (χ2n) is 4.05. The first-order valence-corrected chi connectivity index (χ1v) is 7.20. The van der Waals surface area contributed by atoms with Gasteiger partial charge in [-0.25, -0.2) is 9.50 Å². The Hall–Kier alpha value is -1.59. The van der Waals surface area contributed by atoms with Crippen LogP contribution in [0.3, 0.4) is 0 Å². The second kappa shape index (κ2) is 5.19. The minimum atomic E-state index is 0.613. The van der Waals surface area contributed by atoms with Crippen molar-refractivity contribution in [1.29, 1.82) is 0 Å². The Morgan fingerprint density at radius 3 is 2.95 bits per heavy atom. The number of hydrogen-bond acceptors (Lipinski definition) is 4. The first-order chi connectivity index (χ1) is 9.26. The van der Waals surface area contributed by atoms with E-state index in [9.17, 15) is 0 Å². The number of fused-ring (bicyclic) bond motifs is 1. The quantitative estimate of drug-likeness (QED) is 0.732. The summed E-state index contributed by atoms with van der Waals surface area (Å²) < 4.78 is 7.99. The Bertz CT molecular complexity index is 707. The summed E-state index contributed by atoms with van der Waals surface area (Å²) in [5, 5.41) is 4.37. The number of thiophene rings is 1. The molecular formula is C13H12ClN3OS. The molecule has 0 aliphatic heterocycles. The molecule has 19 heavy (non-hydrogen) atoms. The van der Waals surface area contributed by atoms with Crippen molar-refractivity contribution in [3.8, 4) is 16.5 Å². The molecule has 0 radical (unpaired) electrons. The maximum Gasteiger partial charge on any atom is 0.231 e. The topological polar surface area (TPSA) is 39.4 Å². The van der Waals surface area contributed by atoms with Crippen LogP contribution in [0.2, 0.25) is 4.34 Å². The van der Waals surface area contributed by atoms with E-state index in [2.05, 4.69) is 17.0 Å². The van der Waals surface area contributed by atoms with Gasteiger partial charge in [-0.05, 0) is 24.6 Å². The Morgan fingerprint density at radius 1 is 1.32 bits per heavy atom. The number of nitrogens with zero attached hydrogens (tertiary/aromatic N) is 3. The molecule has 0 N–H and O–H groups in total. The summed E-state index contributed by atoms with van der Waals surface area (Å²) in [6.45, 7) is 2.73. The number of hydrogen-bond donors (Lipinski definition) is 0. The van der Waals surface area contributed by atoms with E-state index in [-0.39, 0.29) is 0 Å². The monoisotopic (exact) mass is 293 g/mol. The average Bonchev–Trinajstić information content (AvgIpc) is 3.01. The molecular weight excluding hydrogens is 282 g/mol. The summed E-state index contributed by atoms with van der Waals surface area (Å²) in [6, 6.07) is 7.57. The number of aromatic nitrogens is 3. The van der Waals surface area contributed by atoms with Gasteiger partial charge in [0.1, 0.15) is 5.69 Å². The summed E-state index contributed by atoms with van der Waals surface area (Å²) >= 11 is 7.44. The van der Waals surface area contributed by atoms with Crippen molar-refractivity contribution in [2.75, 3.05) is 6.61 Å². The molecule has 0 saturated carbocycles. The van der Waals surface area contributed by atoms with Crippen molar-refractivity contribution < 1.29 is 4.74 Å². The molecule has 3 rings (SSSR count). The number of rotatable bonds is 4. The van der Waals surface area contributed by atoms with E-state index in [0.717, 1.165) is 27.0 Å². The van der Waals surface area contributed by atoms with Crippen molar-refractivity contribution in [2.24, 2.45) is 0 Å². The summed E-state index contributed by atoms with van der Waals surface area (Å²) in [5.41, 5.74) is 1.67. The molecule has 0 unspecified atom stereocenters. The molecule has 0 fully saturated rings. The molecule has 0 spiro atoms. The average molecular weight is 294 g/mol. The normalized spacial score (nSPS) is 11.1. The fourth-order valence-corrected chi connectivity index (χ4v) is 2.72. The van der Waals surface area contributed by atoms with Crippen molar-refractivity contribution >= 4 is 28.6 Å². The van der Waals surface area contributed by atoms with Crippen molar-refractivity contribution in [2.45, 2.75) is 13.3 Å². The first-order valence-electron chi connectivity index (χ1n) is 6.01. The molecule has 0 aromatic carbocycles. The fraction of sp³-hybridized carbons (Fsp3) is 0.231. The zero-order valence-electron chi connectivity index (χ0n) is 10.3. The molecule has 0 aliphatic rings. The molecule has 98 valence electrons. The van der Waals surface area contributed by atoms with Crippen LogP contribution >= 0.6 is 22.9 Å². The van der Waals surface area contributed by atoms with Crippen LogP contribution in [0.15, 0.2) is 30.5 Å². The Balaban J connectivity index is 1.96. The van der Waals surface area contributed by atoms with Crippen LogP contribution < -0.4 is 4.74 Å². The van der Waals surface area contributed by atoms with Gasteiger partial charge in [-0.15, -0.1) is 16.4 Å². The highest BCUT2D eigenvalue weighted by molar-refractivity contribution is 7.19. The Labute approximate surface area is 119 Å². The largest absolute Gasteiger partial charge is 0.477 e.